The Bertz CT molecular complexity index is 586. The minimum absolute atomic E-state index is 0.0448. The number of carbonyl (C=O) groups is 1. The predicted molar refractivity (Wildman–Crippen MR) is 73.7 cm³/mol. The van der Waals surface area contributed by atoms with E-state index in [9.17, 15) is 13.2 Å². The summed E-state index contributed by atoms with van der Waals surface area (Å²) in [5.41, 5.74) is 5.80. The molecular formula is C12H18N2O5S. The first-order chi connectivity index (χ1) is 9.31. The summed E-state index contributed by atoms with van der Waals surface area (Å²) in [5.74, 6) is -0.595. The van der Waals surface area contributed by atoms with Gasteiger partial charge in [0.2, 0.25) is 10.0 Å². The molecule has 112 valence electrons. The number of nitrogens with two attached hydrogens (primary N) is 1. The Hall–Kier alpha value is -1.64. The van der Waals surface area contributed by atoms with Crippen molar-refractivity contribution in [1.82, 2.24) is 4.72 Å². The van der Waals surface area contributed by atoms with Crippen LogP contribution in [0.2, 0.25) is 0 Å². The van der Waals surface area contributed by atoms with E-state index in [4.69, 9.17) is 10.8 Å². The standard InChI is InChI=1S/C12H18N2O5S/c1-8(5-6-15)14-20(17,18)11-4-3-9(7-10(11)13)12(16)19-2/h3-4,7-8,14-15H,5-6,13H2,1-2H3. The molecular weight excluding hydrogens is 284 g/mol. The number of hydrogen-bond donors (Lipinski definition) is 3. The number of sulfonamides is 1. The van der Waals surface area contributed by atoms with E-state index in [-0.39, 0.29) is 22.8 Å². The minimum atomic E-state index is -3.80. The van der Waals surface area contributed by atoms with Crippen LogP contribution < -0.4 is 10.5 Å². The van der Waals surface area contributed by atoms with E-state index < -0.39 is 22.0 Å². The maximum absolute atomic E-state index is 12.1. The fraction of sp³-hybridized carbons (Fsp3) is 0.417. The quantitative estimate of drug-likeness (QED) is 0.507. The van der Waals surface area contributed by atoms with Crippen molar-refractivity contribution < 1.29 is 23.1 Å². The highest BCUT2D eigenvalue weighted by Crippen LogP contribution is 2.20. The van der Waals surface area contributed by atoms with E-state index in [1.807, 2.05) is 0 Å². The Balaban J connectivity index is 3.05. The van der Waals surface area contributed by atoms with Crippen LogP contribution in [0.3, 0.4) is 0 Å². The second-order valence-electron chi connectivity index (χ2n) is 4.28. The number of rotatable bonds is 6. The maximum atomic E-state index is 12.1. The number of esters is 1. The molecule has 0 aromatic heterocycles. The summed E-state index contributed by atoms with van der Waals surface area (Å²) in [5, 5.41) is 8.77. The average molecular weight is 302 g/mol. The van der Waals surface area contributed by atoms with Crippen molar-refractivity contribution in [2.24, 2.45) is 0 Å². The number of benzene rings is 1. The largest absolute Gasteiger partial charge is 0.465 e. The van der Waals surface area contributed by atoms with Crippen LogP contribution in [0.4, 0.5) is 5.69 Å². The number of nitrogens with one attached hydrogen (secondary N) is 1. The van der Waals surface area contributed by atoms with Crippen LogP contribution in [0.5, 0.6) is 0 Å². The Morgan fingerprint density at radius 2 is 2.15 bits per heavy atom. The first-order valence-electron chi connectivity index (χ1n) is 5.93. The van der Waals surface area contributed by atoms with Gasteiger partial charge in [-0.1, -0.05) is 0 Å². The van der Waals surface area contributed by atoms with Crippen LogP contribution in [0.1, 0.15) is 23.7 Å². The van der Waals surface area contributed by atoms with Crippen molar-refractivity contribution in [3.63, 3.8) is 0 Å². The van der Waals surface area contributed by atoms with Crippen molar-refractivity contribution >= 4 is 21.7 Å². The maximum Gasteiger partial charge on any atom is 0.337 e. The second kappa shape index (κ2) is 6.69. The monoisotopic (exact) mass is 302 g/mol. The number of aliphatic hydroxyl groups is 1. The zero-order chi connectivity index (χ0) is 15.3. The zero-order valence-corrected chi connectivity index (χ0v) is 12.1. The highest BCUT2D eigenvalue weighted by molar-refractivity contribution is 7.89. The Morgan fingerprint density at radius 3 is 2.65 bits per heavy atom. The molecule has 4 N–H and O–H groups in total. The number of hydrogen-bond acceptors (Lipinski definition) is 6. The molecule has 0 saturated heterocycles. The summed E-state index contributed by atoms with van der Waals surface area (Å²) in [4.78, 5) is 11.2. The van der Waals surface area contributed by atoms with Crippen molar-refractivity contribution in [2.75, 3.05) is 19.5 Å². The summed E-state index contributed by atoms with van der Waals surface area (Å²) >= 11 is 0. The molecule has 1 rings (SSSR count). The molecule has 8 heteroatoms. The van der Waals surface area contributed by atoms with E-state index in [1.54, 1.807) is 6.92 Å². The van der Waals surface area contributed by atoms with Gasteiger partial charge in [-0.3, -0.25) is 0 Å². The Morgan fingerprint density at radius 1 is 1.50 bits per heavy atom. The fourth-order valence-electron chi connectivity index (χ4n) is 1.62. The van der Waals surface area contributed by atoms with Crippen molar-refractivity contribution in [3.05, 3.63) is 23.8 Å². The van der Waals surface area contributed by atoms with Gasteiger partial charge in [0.25, 0.3) is 0 Å². The number of methoxy groups -OCH3 is 1. The van der Waals surface area contributed by atoms with E-state index in [0.29, 0.717) is 6.42 Å². The molecule has 0 aliphatic heterocycles. The van der Waals surface area contributed by atoms with Crippen molar-refractivity contribution in [2.45, 2.75) is 24.3 Å². The summed E-state index contributed by atoms with van der Waals surface area (Å²) in [6, 6.07) is 3.39. The fourth-order valence-corrected chi connectivity index (χ4v) is 3.01. The van der Waals surface area contributed by atoms with Gasteiger partial charge in [-0.2, -0.15) is 0 Å². The lowest BCUT2D eigenvalue weighted by Crippen LogP contribution is -2.33. The molecule has 0 amide bonds. The van der Waals surface area contributed by atoms with Gasteiger partial charge in [-0.15, -0.1) is 0 Å². The minimum Gasteiger partial charge on any atom is -0.465 e. The van der Waals surface area contributed by atoms with E-state index in [0.717, 1.165) is 0 Å². The Kier molecular flexibility index (Phi) is 5.49. The number of carbonyl (C=O) groups excluding carboxylic acids is 1. The molecule has 1 aromatic carbocycles. The van der Waals surface area contributed by atoms with E-state index in [1.165, 1.54) is 25.3 Å². The molecule has 0 radical (unpaired) electrons. The highest BCUT2D eigenvalue weighted by Gasteiger charge is 2.21. The highest BCUT2D eigenvalue weighted by atomic mass is 32.2. The molecule has 1 aromatic rings. The SMILES string of the molecule is COC(=O)c1ccc(S(=O)(=O)NC(C)CCO)c(N)c1. The van der Waals surface area contributed by atoms with Gasteiger partial charge in [-0.25, -0.2) is 17.9 Å². The molecule has 0 saturated carbocycles. The lowest BCUT2D eigenvalue weighted by molar-refractivity contribution is 0.0600. The molecule has 0 fully saturated rings. The molecule has 0 spiro atoms. The third-order valence-electron chi connectivity index (χ3n) is 2.64. The summed E-state index contributed by atoms with van der Waals surface area (Å²) < 4.78 is 31.1. The van der Waals surface area contributed by atoms with Gasteiger partial charge in [0.15, 0.2) is 0 Å². The van der Waals surface area contributed by atoms with Crippen LogP contribution >= 0.6 is 0 Å². The molecule has 0 aliphatic rings. The van der Waals surface area contributed by atoms with Crippen molar-refractivity contribution in [3.8, 4) is 0 Å². The van der Waals surface area contributed by atoms with Gasteiger partial charge in [0.1, 0.15) is 4.90 Å². The van der Waals surface area contributed by atoms with Crippen LogP contribution in [0, 0.1) is 0 Å². The van der Waals surface area contributed by atoms with Crippen LogP contribution in [-0.2, 0) is 14.8 Å². The molecule has 1 atom stereocenters. The molecule has 0 heterocycles. The first kappa shape index (κ1) is 16.4. The smallest absolute Gasteiger partial charge is 0.337 e. The van der Waals surface area contributed by atoms with Crippen molar-refractivity contribution in [1.29, 1.82) is 0 Å². The van der Waals surface area contributed by atoms with Gasteiger partial charge >= 0.3 is 5.97 Å². The number of aliphatic hydroxyl groups excluding tert-OH is 1. The van der Waals surface area contributed by atoms with Crippen LogP contribution in [0.25, 0.3) is 0 Å². The molecule has 0 aliphatic carbocycles. The van der Waals surface area contributed by atoms with Gasteiger partial charge in [-0.05, 0) is 31.5 Å². The molecule has 1 unspecified atom stereocenters. The van der Waals surface area contributed by atoms with Crippen LogP contribution in [0.15, 0.2) is 23.1 Å². The summed E-state index contributed by atoms with van der Waals surface area (Å²) in [6.45, 7) is 1.51. The predicted octanol–water partition coefficient (Wildman–Crippen LogP) is 0.105. The lowest BCUT2D eigenvalue weighted by atomic mass is 10.2. The lowest BCUT2D eigenvalue weighted by Gasteiger charge is -2.14. The average Bonchev–Trinajstić information content (AvgIpc) is 2.36. The topological polar surface area (TPSA) is 119 Å². The number of anilines is 1. The zero-order valence-electron chi connectivity index (χ0n) is 11.3. The molecule has 0 bridgehead atoms. The molecule has 7 nitrogen and oxygen atoms in total. The van der Waals surface area contributed by atoms with Gasteiger partial charge in [0, 0.05) is 12.6 Å². The molecule has 20 heavy (non-hydrogen) atoms. The summed E-state index contributed by atoms with van der Waals surface area (Å²) in [6.07, 6.45) is 0.291. The second-order valence-corrected chi connectivity index (χ2v) is 5.96. The van der Waals surface area contributed by atoms with Gasteiger partial charge < -0.3 is 15.6 Å². The Labute approximate surface area is 117 Å². The van der Waals surface area contributed by atoms with E-state index in [2.05, 4.69) is 9.46 Å². The summed E-state index contributed by atoms with van der Waals surface area (Å²) in [7, 11) is -2.58. The van der Waals surface area contributed by atoms with Gasteiger partial charge in [0.05, 0.1) is 18.4 Å². The number of nitrogen functional groups attached to an aromatic ring is 1. The van der Waals surface area contributed by atoms with Crippen LogP contribution in [-0.4, -0.2) is 39.3 Å². The normalized spacial score (nSPS) is 12.9. The third-order valence-corrected chi connectivity index (χ3v) is 4.30. The van der Waals surface area contributed by atoms with E-state index >= 15 is 0 Å². The third kappa shape index (κ3) is 3.92. The first-order valence-corrected chi connectivity index (χ1v) is 7.41. The number of ether oxygens (including phenoxy) is 1.